The monoisotopic (exact) mass is 370 g/mol. The summed E-state index contributed by atoms with van der Waals surface area (Å²) < 4.78 is 26.1. The second-order valence-corrected chi connectivity index (χ2v) is 7.73. The standard InChI is InChI=1S/C20H24BFN2O3/c1-13-8-6-11-16(17(13)22)24-18(25)23-15-10-7-9-14(12-15)21-26-19(2,3)20(4,5)27-21/h6-12H,1-5H3,(H2,23,24,25). The lowest BCUT2D eigenvalue weighted by atomic mass is 9.79. The van der Waals surface area contributed by atoms with E-state index in [-0.39, 0.29) is 5.69 Å². The van der Waals surface area contributed by atoms with Gasteiger partial charge in [0.05, 0.1) is 16.9 Å². The van der Waals surface area contributed by atoms with Crippen LogP contribution in [-0.4, -0.2) is 24.4 Å². The number of halogens is 1. The summed E-state index contributed by atoms with van der Waals surface area (Å²) in [7, 11) is -0.519. The summed E-state index contributed by atoms with van der Waals surface area (Å²) in [5.74, 6) is -0.446. The lowest BCUT2D eigenvalue weighted by Crippen LogP contribution is -2.41. The molecule has 5 nitrogen and oxygen atoms in total. The van der Waals surface area contributed by atoms with Crippen LogP contribution in [0.5, 0.6) is 0 Å². The maximum absolute atomic E-state index is 14.0. The molecule has 0 aliphatic carbocycles. The zero-order valence-corrected chi connectivity index (χ0v) is 16.2. The van der Waals surface area contributed by atoms with Crippen LogP contribution in [0.3, 0.4) is 0 Å². The van der Waals surface area contributed by atoms with Gasteiger partial charge in [-0.25, -0.2) is 9.18 Å². The van der Waals surface area contributed by atoms with Crippen molar-refractivity contribution in [3.05, 3.63) is 53.8 Å². The molecule has 0 atom stereocenters. The van der Waals surface area contributed by atoms with Gasteiger partial charge in [0, 0.05) is 5.69 Å². The molecule has 0 aromatic heterocycles. The van der Waals surface area contributed by atoms with Gasteiger partial charge in [-0.05, 0) is 63.8 Å². The number of hydrogen-bond donors (Lipinski definition) is 2. The van der Waals surface area contributed by atoms with Gasteiger partial charge >= 0.3 is 13.1 Å². The summed E-state index contributed by atoms with van der Waals surface area (Å²) in [5, 5.41) is 5.24. The van der Waals surface area contributed by atoms with Crippen molar-refractivity contribution < 1.29 is 18.5 Å². The number of nitrogens with one attached hydrogen (secondary N) is 2. The van der Waals surface area contributed by atoms with Crippen LogP contribution in [0.1, 0.15) is 33.3 Å². The molecular weight excluding hydrogens is 346 g/mol. The molecule has 0 radical (unpaired) electrons. The van der Waals surface area contributed by atoms with Gasteiger partial charge in [-0.1, -0.05) is 24.3 Å². The van der Waals surface area contributed by atoms with E-state index in [1.54, 1.807) is 31.2 Å². The molecule has 1 aliphatic rings. The molecule has 7 heteroatoms. The number of rotatable bonds is 3. The minimum atomic E-state index is -0.523. The van der Waals surface area contributed by atoms with Gasteiger partial charge in [-0.2, -0.15) is 0 Å². The Morgan fingerprint density at radius 2 is 1.63 bits per heavy atom. The lowest BCUT2D eigenvalue weighted by molar-refractivity contribution is 0.00578. The highest BCUT2D eigenvalue weighted by atomic mass is 19.1. The zero-order valence-electron chi connectivity index (χ0n) is 16.2. The van der Waals surface area contributed by atoms with Crippen LogP contribution < -0.4 is 16.1 Å². The molecule has 2 amide bonds. The van der Waals surface area contributed by atoms with Crippen LogP contribution in [0.2, 0.25) is 0 Å². The van der Waals surface area contributed by atoms with Crippen LogP contribution in [0.15, 0.2) is 42.5 Å². The number of hydrogen-bond acceptors (Lipinski definition) is 3. The van der Waals surface area contributed by atoms with Gasteiger partial charge in [-0.3, -0.25) is 0 Å². The SMILES string of the molecule is Cc1cccc(NC(=O)Nc2cccc(B3OC(C)(C)C(C)(C)O3)c2)c1F. The van der Waals surface area contributed by atoms with Gasteiger partial charge in [-0.15, -0.1) is 0 Å². The van der Waals surface area contributed by atoms with Crippen LogP contribution >= 0.6 is 0 Å². The number of benzene rings is 2. The van der Waals surface area contributed by atoms with E-state index in [2.05, 4.69) is 10.6 Å². The third-order valence-corrected chi connectivity index (χ3v) is 5.11. The summed E-state index contributed by atoms with van der Waals surface area (Å²) in [6.45, 7) is 9.59. The molecule has 0 bridgehead atoms. The Balaban J connectivity index is 1.71. The summed E-state index contributed by atoms with van der Waals surface area (Å²) >= 11 is 0. The Hall–Kier alpha value is -2.38. The largest absolute Gasteiger partial charge is 0.494 e. The van der Waals surface area contributed by atoms with Crippen molar-refractivity contribution >= 4 is 30.0 Å². The third-order valence-electron chi connectivity index (χ3n) is 5.11. The van der Waals surface area contributed by atoms with Crippen molar-refractivity contribution in [2.24, 2.45) is 0 Å². The molecular formula is C20H24BFN2O3. The Morgan fingerprint density at radius 1 is 1.00 bits per heavy atom. The molecule has 2 aromatic rings. The minimum absolute atomic E-state index is 0.134. The van der Waals surface area contributed by atoms with E-state index in [1.165, 1.54) is 6.07 Å². The van der Waals surface area contributed by atoms with Crippen molar-refractivity contribution in [3.8, 4) is 0 Å². The topological polar surface area (TPSA) is 59.6 Å². The Bertz CT molecular complexity index is 854. The van der Waals surface area contributed by atoms with Gasteiger partial charge < -0.3 is 19.9 Å². The number of urea groups is 1. The lowest BCUT2D eigenvalue weighted by Gasteiger charge is -2.32. The van der Waals surface area contributed by atoms with Crippen LogP contribution in [0.25, 0.3) is 0 Å². The first-order valence-electron chi connectivity index (χ1n) is 8.88. The smallest absolute Gasteiger partial charge is 0.399 e. The van der Waals surface area contributed by atoms with E-state index in [1.807, 2.05) is 39.8 Å². The van der Waals surface area contributed by atoms with Gasteiger partial charge in [0.1, 0.15) is 5.82 Å². The third kappa shape index (κ3) is 3.99. The highest BCUT2D eigenvalue weighted by molar-refractivity contribution is 6.62. The van der Waals surface area contributed by atoms with Crippen molar-refractivity contribution in [3.63, 3.8) is 0 Å². The number of carbonyl (C=O) groups excluding carboxylic acids is 1. The molecule has 2 aromatic carbocycles. The highest BCUT2D eigenvalue weighted by Gasteiger charge is 2.51. The van der Waals surface area contributed by atoms with Crippen LogP contribution in [0, 0.1) is 12.7 Å². The predicted molar refractivity (Wildman–Crippen MR) is 106 cm³/mol. The molecule has 142 valence electrons. The van der Waals surface area contributed by atoms with E-state index in [4.69, 9.17) is 9.31 Å². The van der Waals surface area contributed by atoms with E-state index >= 15 is 0 Å². The normalized spacial score (nSPS) is 17.6. The maximum atomic E-state index is 14.0. The number of carbonyl (C=O) groups is 1. The fourth-order valence-electron chi connectivity index (χ4n) is 2.77. The Labute approximate surface area is 159 Å². The van der Waals surface area contributed by atoms with Crippen molar-refractivity contribution in [2.45, 2.75) is 45.8 Å². The first kappa shape index (κ1) is 19.4. The summed E-state index contributed by atoms with van der Waals surface area (Å²) in [4.78, 5) is 12.2. The highest BCUT2D eigenvalue weighted by Crippen LogP contribution is 2.36. The van der Waals surface area contributed by atoms with Gasteiger partial charge in [0.25, 0.3) is 0 Å². The molecule has 0 unspecified atom stereocenters. The Kier molecular flexibility index (Phi) is 5.01. The average molecular weight is 370 g/mol. The molecule has 2 N–H and O–H groups in total. The van der Waals surface area contributed by atoms with Gasteiger partial charge in [0.2, 0.25) is 0 Å². The average Bonchev–Trinajstić information content (AvgIpc) is 2.80. The molecule has 0 saturated carbocycles. The molecule has 1 heterocycles. The number of aryl methyl sites for hydroxylation is 1. The van der Waals surface area contributed by atoms with E-state index < -0.39 is 30.2 Å². The number of amides is 2. The fraction of sp³-hybridized carbons (Fsp3) is 0.350. The second-order valence-electron chi connectivity index (χ2n) is 7.73. The summed E-state index contributed by atoms with van der Waals surface area (Å²) in [5.41, 5.74) is 1.08. The maximum Gasteiger partial charge on any atom is 0.494 e. The molecule has 27 heavy (non-hydrogen) atoms. The minimum Gasteiger partial charge on any atom is -0.399 e. The van der Waals surface area contributed by atoms with E-state index in [0.717, 1.165) is 5.46 Å². The molecule has 0 spiro atoms. The van der Waals surface area contributed by atoms with Crippen molar-refractivity contribution in [2.75, 3.05) is 10.6 Å². The first-order valence-corrected chi connectivity index (χ1v) is 8.88. The summed E-state index contributed by atoms with van der Waals surface area (Å²) in [6.07, 6.45) is 0. The number of anilines is 2. The van der Waals surface area contributed by atoms with E-state index in [0.29, 0.717) is 11.3 Å². The van der Waals surface area contributed by atoms with Crippen LogP contribution in [-0.2, 0) is 9.31 Å². The summed E-state index contributed by atoms with van der Waals surface area (Å²) in [6, 6.07) is 11.6. The van der Waals surface area contributed by atoms with E-state index in [9.17, 15) is 9.18 Å². The van der Waals surface area contributed by atoms with Crippen LogP contribution in [0.4, 0.5) is 20.6 Å². The van der Waals surface area contributed by atoms with Crippen molar-refractivity contribution in [1.29, 1.82) is 0 Å². The zero-order chi connectivity index (χ0) is 19.8. The molecule has 3 rings (SSSR count). The molecule has 1 aliphatic heterocycles. The Morgan fingerprint density at radius 3 is 2.30 bits per heavy atom. The van der Waals surface area contributed by atoms with Gasteiger partial charge in [0.15, 0.2) is 0 Å². The molecule has 1 fully saturated rings. The van der Waals surface area contributed by atoms with Crippen molar-refractivity contribution in [1.82, 2.24) is 0 Å². The first-order chi connectivity index (χ1) is 12.6. The molecule has 1 saturated heterocycles. The quantitative estimate of drug-likeness (QED) is 0.801. The predicted octanol–water partition coefficient (Wildman–Crippen LogP) is 4.08. The fourth-order valence-corrected chi connectivity index (χ4v) is 2.77. The second kappa shape index (κ2) is 6.98.